The van der Waals surface area contributed by atoms with Gasteiger partial charge in [-0.1, -0.05) is 5.16 Å². The third-order valence-electron chi connectivity index (χ3n) is 5.96. The first-order valence-electron chi connectivity index (χ1n) is 12.3. The Morgan fingerprint density at radius 1 is 1.17 bits per heavy atom. The molecule has 1 aliphatic carbocycles. The number of oxime groups is 1. The Labute approximate surface area is 215 Å². The van der Waals surface area contributed by atoms with Crippen molar-refractivity contribution in [1.82, 2.24) is 20.4 Å². The molecule has 3 aliphatic rings. The number of nitrogens with zero attached hydrogens (tertiary/aromatic N) is 4. The molecule has 0 atom stereocenters. The quantitative estimate of drug-likeness (QED) is 0.187. The lowest BCUT2D eigenvalue weighted by Crippen LogP contribution is -2.47. The number of ether oxygens (including phenoxy) is 1. The Bertz CT molecular complexity index is 804. The second kappa shape index (κ2) is 15.8. The van der Waals surface area contributed by atoms with Gasteiger partial charge < -0.3 is 25.2 Å². The number of thiol groups is 1. The summed E-state index contributed by atoms with van der Waals surface area (Å²) in [5, 5.41) is 10.2. The molecule has 0 radical (unpaired) electrons. The number of aryl methyl sites for hydroxylation is 2. The number of hydrogen-bond donors (Lipinski definition) is 3. The van der Waals surface area contributed by atoms with E-state index >= 15 is 0 Å². The predicted octanol–water partition coefficient (Wildman–Crippen LogP) is 3.11. The molecule has 0 bridgehead atoms. The normalized spacial score (nSPS) is 18.1. The molecule has 4 rings (SSSR count). The van der Waals surface area contributed by atoms with Crippen LogP contribution in [-0.2, 0) is 4.84 Å². The molecule has 2 N–H and O–H groups in total. The molecule has 0 unspecified atom stereocenters. The molecule has 0 aromatic heterocycles. The molecule has 35 heavy (non-hydrogen) atoms. The fraction of sp³-hybridized carbons (Fsp3) is 0.640. The van der Waals surface area contributed by atoms with Crippen LogP contribution in [0, 0.1) is 13.8 Å². The van der Waals surface area contributed by atoms with Crippen molar-refractivity contribution in [2.24, 2.45) is 10.1 Å². The van der Waals surface area contributed by atoms with Gasteiger partial charge in [0.25, 0.3) is 0 Å². The summed E-state index contributed by atoms with van der Waals surface area (Å²) in [6, 6.07) is 4.52. The highest BCUT2D eigenvalue weighted by molar-refractivity contribution is 7.80. The molecule has 0 spiro atoms. The first kappa shape index (κ1) is 29.1. The van der Waals surface area contributed by atoms with Crippen molar-refractivity contribution < 1.29 is 14.4 Å². The van der Waals surface area contributed by atoms with Crippen molar-refractivity contribution >= 4 is 31.3 Å². The number of benzene rings is 1. The van der Waals surface area contributed by atoms with E-state index in [0.717, 1.165) is 34.9 Å². The van der Waals surface area contributed by atoms with Gasteiger partial charge in [-0.05, 0) is 89.6 Å². The fourth-order valence-electron chi connectivity index (χ4n) is 3.44. The highest BCUT2D eigenvalue weighted by atomic mass is 32.1. The van der Waals surface area contributed by atoms with Crippen molar-refractivity contribution in [2.45, 2.75) is 50.5 Å². The van der Waals surface area contributed by atoms with E-state index < -0.39 is 6.09 Å². The van der Waals surface area contributed by atoms with E-state index in [2.05, 4.69) is 45.0 Å². The molecule has 10 heteroatoms. The fourth-order valence-corrected chi connectivity index (χ4v) is 3.57. The van der Waals surface area contributed by atoms with Crippen LogP contribution in [0.2, 0.25) is 0 Å². The van der Waals surface area contributed by atoms with Crippen LogP contribution in [0.3, 0.4) is 0 Å². The van der Waals surface area contributed by atoms with Crippen LogP contribution in [0.25, 0.3) is 0 Å². The molecule has 3 fully saturated rings. The maximum atomic E-state index is 11.8. The number of hydrogen-bond acceptors (Lipinski definition) is 8. The summed E-state index contributed by atoms with van der Waals surface area (Å²) < 4.78 is 5.10. The Morgan fingerprint density at radius 2 is 1.77 bits per heavy atom. The number of carbonyl (C=O) groups is 1. The molecule has 1 aromatic rings. The lowest BCUT2D eigenvalue weighted by atomic mass is 10.1. The average Bonchev–Trinajstić information content (AvgIpc) is 3.49. The Morgan fingerprint density at radius 3 is 2.23 bits per heavy atom. The smallest absolute Gasteiger partial charge is 0.436 e. The van der Waals surface area contributed by atoms with Crippen LogP contribution in [-0.4, -0.2) is 94.5 Å². The Balaban J connectivity index is 0.000000225. The lowest BCUT2D eigenvalue weighted by Gasteiger charge is -2.30. The van der Waals surface area contributed by atoms with Crippen LogP contribution in [0.1, 0.15) is 36.8 Å². The van der Waals surface area contributed by atoms with Gasteiger partial charge in [0.05, 0.1) is 13.7 Å². The number of carbonyl (C=O) groups excluding carboxylic acids is 1. The molecule has 2 heterocycles. The van der Waals surface area contributed by atoms with Crippen LogP contribution in [0.5, 0.6) is 5.75 Å². The molecule has 1 amide bonds. The molecular weight excluding hydrogens is 464 g/mol. The number of nitrogens with one attached hydrogen (secondary N) is 2. The molecule has 2 aliphatic heterocycles. The van der Waals surface area contributed by atoms with Gasteiger partial charge in [-0.25, -0.2) is 9.79 Å². The summed E-state index contributed by atoms with van der Waals surface area (Å²) in [4.78, 5) is 25.3. The third kappa shape index (κ3) is 11.4. The average molecular weight is 507 g/mol. The van der Waals surface area contributed by atoms with E-state index in [4.69, 9.17) is 9.57 Å². The zero-order valence-electron chi connectivity index (χ0n) is 21.7. The van der Waals surface area contributed by atoms with Crippen molar-refractivity contribution in [3.05, 3.63) is 23.3 Å². The first-order valence-corrected chi connectivity index (χ1v) is 12.7. The zero-order chi connectivity index (χ0) is 25.6. The molecule has 196 valence electrons. The number of rotatable bonds is 5. The van der Waals surface area contributed by atoms with Gasteiger partial charge in [-0.3, -0.25) is 4.84 Å². The molecule has 2 saturated heterocycles. The van der Waals surface area contributed by atoms with E-state index in [1.54, 1.807) is 12.0 Å². The summed E-state index contributed by atoms with van der Waals surface area (Å²) in [5.41, 5.74) is 2.32. The number of aliphatic imine (C=N–C) groups is 1. The standard InChI is InChI=1S/C12H21N5O2.C9H12OS.C4H9N/c1-13-11(9-14-10-3-4-10)15-19-12(18)17-7-5-16(2)6-8-17;1-6-4-8(10-3)5-7(2)9(6)11;1-2-4-5-3-1/h10,14H,1,3-9H2,2H3;4-5,11H,1-3H3;5H,1-4H2/b15-11-;;. The van der Waals surface area contributed by atoms with Crippen molar-refractivity contribution in [3.8, 4) is 5.75 Å². The van der Waals surface area contributed by atoms with E-state index in [1.807, 2.05) is 33.0 Å². The summed E-state index contributed by atoms with van der Waals surface area (Å²) >= 11 is 4.34. The number of methoxy groups -OCH3 is 1. The highest BCUT2D eigenvalue weighted by Crippen LogP contribution is 2.23. The van der Waals surface area contributed by atoms with E-state index in [0.29, 0.717) is 31.5 Å². The van der Waals surface area contributed by atoms with Crippen molar-refractivity contribution in [1.29, 1.82) is 0 Å². The number of amides is 1. The van der Waals surface area contributed by atoms with Crippen molar-refractivity contribution in [3.63, 3.8) is 0 Å². The van der Waals surface area contributed by atoms with E-state index in [1.165, 1.54) is 38.8 Å². The maximum absolute atomic E-state index is 11.8. The molecular formula is C25H42N6O3S. The van der Waals surface area contributed by atoms with Crippen molar-refractivity contribution in [2.75, 3.05) is 60.0 Å². The summed E-state index contributed by atoms with van der Waals surface area (Å²) in [7, 11) is 3.70. The van der Waals surface area contributed by atoms with Gasteiger partial charge in [-0.2, -0.15) is 0 Å². The summed E-state index contributed by atoms with van der Waals surface area (Å²) in [5.74, 6) is 1.31. The van der Waals surface area contributed by atoms with E-state index in [9.17, 15) is 4.79 Å². The largest absolute Gasteiger partial charge is 0.497 e. The van der Waals surface area contributed by atoms with E-state index in [-0.39, 0.29) is 0 Å². The summed E-state index contributed by atoms with van der Waals surface area (Å²) in [6.07, 6.45) is 4.73. The lowest BCUT2D eigenvalue weighted by molar-refractivity contribution is 0.0839. The summed E-state index contributed by atoms with van der Waals surface area (Å²) in [6.45, 7) is 13.5. The molecule has 1 aromatic carbocycles. The number of amidine groups is 1. The van der Waals surface area contributed by atoms with Crippen LogP contribution in [0.15, 0.2) is 27.2 Å². The minimum absolute atomic E-state index is 0.411. The molecule has 9 nitrogen and oxygen atoms in total. The van der Waals surface area contributed by atoms with Gasteiger partial charge in [0.1, 0.15) is 5.75 Å². The Hall–Kier alpha value is -2.14. The maximum Gasteiger partial charge on any atom is 0.436 e. The Kier molecular flexibility index (Phi) is 13.1. The SMILES string of the molecule is C1CCNC1.C=N/C(CNC1CC1)=N\OC(=O)N1CCN(C)CC1.COc1cc(C)c(S)c(C)c1. The predicted molar refractivity (Wildman–Crippen MR) is 145 cm³/mol. The third-order valence-corrected chi connectivity index (χ3v) is 6.66. The zero-order valence-corrected chi connectivity index (χ0v) is 22.6. The topological polar surface area (TPSA) is 90.8 Å². The van der Waals surface area contributed by atoms with Gasteiger partial charge >= 0.3 is 6.09 Å². The minimum Gasteiger partial charge on any atom is -0.497 e. The number of likely N-dealkylation sites (N-methyl/N-ethyl adjacent to an activating group) is 1. The van der Waals surface area contributed by atoms with Crippen LogP contribution < -0.4 is 15.4 Å². The monoisotopic (exact) mass is 506 g/mol. The number of piperazine rings is 1. The van der Waals surface area contributed by atoms with Gasteiger partial charge in [0.2, 0.25) is 0 Å². The van der Waals surface area contributed by atoms with Crippen LogP contribution >= 0.6 is 12.6 Å². The second-order valence-corrected chi connectivity index (χ2v) is 9.48. The van der Waals surface area contributed by atoms with Crippen LogP contribution in [0.4, 0.5) is 4.79 Å². The molecule has 1 saturated carbocycles. The van der Waals surface area contributed by atoms with Gasteiger partial charge in [0.15, 0.2) is 5.84 Å². The minimum atomic E-state index is -0.416. The first-order chi connectivity index (χ1) is 16.8. The van der Waals surface area contributed by atoms with Gasteiger partial charge in [0, 0.05) is 37.1 Å². The second-order valence-electron chi connectivity index (χ2n) is 9.04. The van der Waals surface area contributed by atoms with Gasteiger partial charge in [-0.15, -0.1) is 12.6 Å². The highest BCUT2D eigenvalue weighted by Gasteiger charge is 2.22.